The molecule has 2 fully saturated rings. The highest BCUT2D eigenvalue weighted by Crippen LogP contribution is 2.30. The Hall–Kier alpha value is -0.650. The summed E-state index contributed by atoms with van der Waals surface area (Å²) >= 11 is 0. The quantitative estimate of drug-likeness (QED) is 0.761. The molecule has 1 heterocycles. The van der Waals surface area contributed by atoms with E-state index in [1.54, 1.807) is 0 Å². The molecule has 0 aromatic heterocycles. The summed E-state index contributed by atoms with van der Waals surface area (Å²) < 4.78 is 5.70. The van der Waals surface area contributed by atoms with Gasteiger partial charge in [-0.2, -0.15) is 0 Å². The first-order valence-electron chi connectivity index (χ1n) is 9.98. The van der Waals surface area contributed by atoms with Crippen LogP contribution in [0, 0.1) is 5.92 Å². The molecule has 0 spiro atoms. The number of nitrogens with one attached hydrogen (secondary N) is 2. The van der Waals surface area contributed by atoms with Crippen LogP contribution in [0.25, 0.3) is 0 Å². The summed E-state index contributed by atoms with van der Waals surface area (Å²) in [6, 6.07) is 10.7. The lowest BCUT2D eigenvalue weighted by molar-refractivity contribution is 0.0520. The van der Waals surface area contributed by atoms with Gasteiger partial charge in [-0.1, -0.05) is 37.6 Å². The van der Waals surface area contributed by atoms with Crippen molar-refractivity contribution in [3.8, 4) is 0 Å². The van der Waals surface area contributed by atoms with Crippen LogP contribution in [0.1, 0.15) is 43.4 Å². The molecule has 5 heteroatoms. The molecule has 2 aliphatic rings. The zero-order valence-corrected chi connectivity index (χ0v) is 17.4. The molecule has 4 atom stereocenters. The molecular weight excluding hydrogens is 346 g/mol. The minimum Gasteiger partial charge on any atom is -0.379 e. The summed E-state index contributed by atoms with van der Waals surface area (Å²) in [5, 5.41) is 7.57. The minimum absolute atomic E-state index is 0. The molecule has 1 aliphatic carbocycles. The van der Waals surface area contributed by atoms with E-state index in [1.807, 2.05) is 0 Å². The molecule has 0 radical (unpaired) electrons. The third-order valence-electron chi connectivity index (χ3n) is 6.01. The number of likely N-dealkylation sites (N-methyl/N-ethyl adjacent to an activating group) is 1. The predicted octanol–water partition coefficient (Wildman–Crippen LogP) is 3.02. The number of halogens is 1. The molecule has 1 aromatic rings. The maximum atomic E-state index is 5.70. The third kappa shape index (κ3) is 5.43. The van der Waals surface area contributed by atoms with Crippen molar-refractivity contribution in [3.63, 3.8) is 0 Å². The van der Waals surface area contributed by atoms with Crippen LogP contribution in [0.5, 0.6) is 0 Å². The van der Waals surface area contributed by atoms with Crippen LogP contribution in [-0.4, -0.2) is 57.4 Å². The summed E-state index contributed by atoms with van der Waals surface area (Å²) in [7, 11) is 4.37. The maximum Gasteiger partial charge on any atom is 0.0623 e. The monoisotopic (exact) mass is 381 g/mol. The number of aryl methyl sites for hydroxylation is 1. The van der Waals surface area contributed by atoms with Gasteiger partial charge >= 0.3 is 0 Å². The van der Waals surface area contributed by atoms with Crippen molar-refractivity contribution in [2.45, 2.75) is 50.7 Å². The van der Waals surface area contributed by atoms with Crippen LogP contribution in [0.3, 0.4) is 0 Å². The number of hydrogen-bond donors (Lipinski definition) is 2. The average molecular weight is 382 g/mol. The van der Waals surface area contributed by atoms with Crippen LogP contribution >= 0.6 is 12.4 Å². The zero-order chi connectivity index (χ0) is 17.6. The first-order chi connectivity index (χ1) is 12.2. The van der Waals surface area contributed by atoms with Gasteiger partial charge in [0.05, 0.1) is 13.2 Å². The Kier molecular flexibility index (Phi) is 8.85. The Morgan fingerprint density at radius 3 is 2.62 bits per heavy atom. The van der Waals surface area contributed by atoms with Gasteiger partial charge < -0.3 is 20.3 Å². The number of morpholine rings is 1. The second kappa shape index (κ2) is 10.6. The summed E-state index contributed by atoms with van der Waals surface area (Å²) in [6.07, 6.45) is 5.04. The highest BCUT2D eigenvalue weighted by molar-refractivity contribution is 5.85. The Balaban J connectivity index is 0.00000243. The van der Waals surface area contributed by atoms with Crippen molar-refractivity contribution in [3.05, 3.63) is 35.4 Å². The molecule has 0 bridgehead atoms. The van der Waals surface area contributed by atoms with Gasteiger partial charge in [-0.25, -0.2) is 0 Å². The largest absolute Gasteiger partial charge is 0.379 e. The Labute approximate surface area is 165 Å². The van der Waals surface area contributed by atoms with Gasteiger partial charge in [0.15, 0.2) is 0 Å². The first-order valence-corrected chi connectivity index (χ1v) is 9.98. The van der Waals surface area contributed by atoms with E-state index in [4.69, 9.17) is 4.74 Å². The molecule has 1 saturated heterocycles. The smallest absolute Gasteiger partial charge is 0.0623 e. The Morgan fingerprint density at radius 2 is 2.00 bits per heavy atom. The minimum atomic E-state index is 0. The second-order valence-electron chi connectivity index (χ2n) is 7.82. The highest BCUT2D eigenvalue weighted by atomic mass is 35.5. The lowest BCUT2D eigenvalue weighted by Crippen LogP contribution is -2.51. The topological polar surface area (TPSA) is 36.5 Å². The number of nitrogens with zero attached hydrogens (tertiary/aromatic N) is 1. The lowest BCUT2D eigenvalue weighted by Gasteiger charge is -2.34. The van der Waals surface area contributed by atoms with Crippen molar-refractivity contribution < 1.29 is 4.74 Å². The normalized spacial score (nSPS) is 27.3. The summed E-state index contributed by atoms with van der Waals surface area (Å²) in [6.45, 7) is 5.95. The summed E-state index contributed by atoms with van der Waals surface area (Å²) in [5.41, 5.74) is 2.82. The third-order valence-corrected chi connectivity index (χ3v) is 6.01. The fourth-order valence-corrected chi connectivity index (χ4v) is 4.42. The number of rotatable bonds is 7. The van der Waals surface area contributed by atoms with Crippen LogP contribution in [-0.2, 0) is 11.2 Å². The SMILES string of the molecule is CCc1ccc(C(CNC2CCCC2C2COCCN2)N(C)C)cc1.Cl. The van der Waals surface area contributed by atoms with E-state index in [2.05, 4.69) is 60.8 Å². The van der Waals surface area contributed by atoms with Crippen molar-refractivity contribution in [1.29, 1.82) is 0 Å². The van der Waals surface area contributed by atoms with E-state index in [0.29, 0.717) is 24.0 Å². The van der Waals surface area contributed by atoms with E-state index in [9.17, 15) is 0 Å². The van der Waals surface area contributed by atoms with Crippen molar-refractivity contribution in [2.75, 3.05) is 40.4 Å². The number of ether oxygens (including phenoxy) is 1. The second-order valence-corrected chi connectivity index (χ2v) is 7.82. The van der Waals surface area contributed by atoms with E-state index in [-0.39, 0.29) is 12.4 Å². The van der Waals surface area contributed by atoms with Crippen molar-refractivity contribution in [2.24, 2.45) is 5.92 Å². The van der Waals surface area contributed by atoms with Crippen molar-refractivity contribution in [1.82, 2.24) is 15.5 Å². The molecule has 0 amide bonds. The molecule has 4 nitrogen and oxygen atoms in total. The van der Waals surface area contributed by atoms with Gasteiger partial charge in [-0.05, 0) is 50.4 Å². The Morgan fingerprint density at radius 1 is 1.23 bits per heavy atom. The fraction of sp³-hybridized carbons (Fsp3) is 0.714. The molecule has 26 heavy (non-hydrogen) atoms. The van der Waals surface area contributed by atoms with Crippen molar-refractivity contribution >= 4 is 12.4 Å². The van der Waals surface area contributed by atoms with Crippen LogP contribution < -0.4 is 10.6 Å². The molecule has 148 valence electrons. The summed E-state index contributed by atoms with van der Waals surface area (Å²) in [5.74, 6) is 0.700. The van der Waals surface area contributed by atoms with E-state index >= 15 is 0 Å². The highest BCUT2D eigenvalue weighted by Gasteiger charge is 2.34. The van der Waals surface area contributed by atoms with Gasteiger partial charge in [0, 0.05) is 31.2 Å². The van der Waals surface area contributed by atoms with E-state index in [1.165, 1.54) is 30.4 Å². The lowest BCUT2D eigenvalue weighted by atomic mass is 9.93. The molecular formula is C21H36ClN3O. The van der Waals surface area contributed by atoms with Crippen LogP contribution in [0.4, 0.5) is 0 Å². The molecule has 4 unspecified atom stereocenters. The van der Waals surface area contributed by atoms with E-state index in [0.717, 1.165) is 32.7 Å². The van der Waals surface area contributed by atoms with Gasteiger partial charge in [0.25, 0.3) is 0 Å². The fourth-order valence-electron chi connectivity index (χ4n) is 4.42. The number of benzene rings is 1. The predicted molar refractivity (Wildman–Crippen MR) is 111 cm³/mol. The Bertz CT molecular complexity index is 516. The maximum absolute atomic E-state index is 5.70. The average Bonchev–Trinajstić information content (AvgIpc) is 3.11. The van der Waals surface area contributed by atoms with Gasteiger partial charge in [0.1, 0.15) is 0 Å². The standard InChI is InChI=1S/C21H35N3O.ClH/c1-4-16-8-10-17(11-9-16)21(24(2)3)14-23-19-7-5-6-18(19)20-15-25-13-12-22-20;/h8-11,18-23H,4-7,12-15H2,1-3H3;1H. The van der Waals surface area contributed by atoms with Gasteiger partial charge in [-0.3, -0.25) is 0 Å². The first kappa shape index (κ1) is 21.6. The van der Waals surface area contributed by atoms with Crippen LogP contribution in [0.2, 0.25) is 0 Å². The number of hydrogen-bond acceptors (Lipinski definition) is 4. The zero-order valence-electron chi connectivity index (χ0n) is 16.5. The van der Waals surface area contributed by atoms with Gasteiger partial charge in [0.2, 0.25) is 0 Å². The summed E-state index contributed by atoms with van der Waals surface area (Å²) in [4.78, 5) is 2.33. The molecule has 1 aliphatic heterocycles. The molecule has 1 aromatic carbocycles. The molecule has 3 rings (SSSR count). The molecule has 1 saturated carbocycles. The van der Waals surface area contributed by atoms with Gasteiger partial charge in [-0.15, -0.1) is 12.4 Å². The molecule has 2 N–H and O–H groups in total. The van der Waals surface area contributed by atoms with Crippen LogP contribution in [0.15, 0.2) is 24.3 Å². The van der Waals surface area contributed by atoms with E-state index < -0.39 is 0 Å².